The Bertz CT molecular complexity index is 780. The first-order valence-corrected chi connectivity index (χ1v) is 8.10. The Morgan fingerprint density at radius 2 is 1.96 bits per heavy atom. The number of carbonyl (C=O) groups excluding carboxylic acids is 3. The molecule has 0 aliphatic carbocycles. The Labute approximate surface area is 139 Å². The van der Waals surface area contributed by atoms with Crippen molar-refractivity contribution in [2.24, 2.45) is 0 Å². The maximum Gasteiger partial charge on any atom is 0.228 e. The van der Waals surface area contributed by atoms with Gasteiger partial charge in [-0.05, 0) is 43.2 Å². The monoisotopic (exact) mass is 325 g/mol. The molecule has 0 atom stereocenters. The summed E-state index contributed by atoms with van der Waals surface area (Å²) in [6.07, 6.45) is 4.07. The molecular weight excluding hydrogens is 306 g/mol. The Hall–Kier alpha value is -2.76. The van der Waals surface area contributed by atoms with E-state index in [1.807, 2.05) is 18.2 Å². The van der Waals surface area contributed by atoms with Crippen LogP contribution in [0.3, 0.4) is 0 Å². The van der Waals surface area contributed by atoms with Gasteiger partial charge in [0.2, 0.25) is 11.8 Å². The van der Waals surface area contributed by atoms with Gasteiger partial charge >= 0.3 is 0 Å². The summed E-state index contributed by atoms with van der Waals surface area (Å²) in [5, 5.41) is 3.59. The lowest BCUT2D eigenvalue weighted by Crippen LogP contribution is -2.24. The average Bonchev–Trinajstić information content (AvgIpc) is 3.25. The summed E-state index contributed by atoms with van der Waals surface area (Å²) in [6, 6.07) is 9.07. The number of hydrogen-bond acceptors (Lipinski definition) is 4. The summed E-state index contributed by atoms with van der Waals surface area (Å²) >= 11 is 0. The molecule has 2 aliphatic heterocycles. The maximum atomic E-state index is 11.7. The Balaban J connectivity index is 0.000000238. The van der Waals surface area contributed by atoms with Gasteiger partial charge in [0.25, 0.3) is 0 Å². The number of aldehydes is 1. The van der Waals surface area contributed by atoms with Crippen molar-refractivity contribution in [1.82, 2.24) is 10.3 Å². The van der Waals surface area contributed by atoms with Gasteiger partial charge in [0.05, 0.1) is 5.52 Å². The quantitative estimate of drug-likeness (QED) is 0.857. The van der Waals surface area contributed by atoms with Crippen LogP contribution in [0.1, 0.15) is 36.0 Å². The van der Waals surface area contributed by atoms with Gasteiger partial charge in [0.1, 0.15) is 12.1 Å². The molecule has 1 N–H and O–H groups in total. The van der Waals surface area contributed by atoms with Crippen molar-refractivity contribution in [2.45, 2.75) is 25.7 Å². The summed E-state index contributed by atoms with van der Waals surface area (Å²) in [7, 11) is 0. The van der Waals surface area contributed by atoms with Crippen LogP contribution in [-0.4, -0.2) is 36.2 Å². The molecule has 2 aliphatic rings. The molecule has 4 rings (SSSR count). The fraction of sp³-hybridized carbons (Fsp3) is 0.333. The van der Waals surface area contributed by atoms with Crippen LogP contribution in [0.4, 0.5) is 5.82 Å². The minimum atomic E-state index is 0.131. The van der Waals surface area contributed by atoms with Crippen LogP contribution in [-0.2, 0) is 9.59 Å². The second-order valence-corrected chi connectivity index (χ2v) is 5.84. The van der Waals surface area contributed by atoms with Crippen molar-refractivity contribution in [1.29, 1.82) is 0 Å². The topological polar surface area (TPSA) is 79.4 Å². The summed E-state index contributed by atoms with van der Waals surface area (Å²) in [4.78, 5) is 38.7. The molecule has 6 heteroatoms. The molecule has 2 aromatic rings. The van der Waals surface area contributed by atoms with Gasteiger partial charge in [-0.15, -0.1) is 0 Å². The highest BCUT2D eigenvalue weighted by Crippen LogP contribution is 2.22. The number of pyridine rings is 1. The zero-order valence-electron chi connectivity index (χ0n) is 13.3. The van der Waals surface area contributed by atoms with E-state index in [1.54, 1.807) is 17.0 Å². The number of hydrogen-bond donors (Lipinski definition) is 1. The number of fused-ring (bicyclic) bond motifs is 1. The molecule has 24 heavy (non-hydrogen) atoms. The van der Waals surface area contributed by atoms with Gasteiger partial charge < -0.3 is 5.32 Å². The highest BCUT2D eigenvalue weighted by Gasteiger charge is 2.22. The van der Waals surface area contributed by atoms with E-state index in [0.717, 1.165) is 49.5 Å². The smallest absolute Gasteiger partial charge is 0.228 e. The largest absolute Gasteiger partial charge is 0.356 e. The molecule has 3 heterocycles. The van der Waals surface area contributed by atoms with Crippen molar-refractivity contribution in [3.05, 3.63) is 35.9 Å². The van der Waals surface area contributed by atoms with Crippen molar-refractivity contribution in [2.75, 3.05) is 18.0 Å². The van der Waals surface area contributed by atoms with Crippen LogP contribution in [0, 0.1) is 0 Å². The summed E-state index contributed by atoms with van der Waals surface area (Å²) in [6.45, 7) is 1.63. The van der Waals surface area contributed by atoms with Gasteiger partial charge in [-0.3, -0.25) is 19.3 Å². The van der Waals surface area contributed by atoms with Crippen molar-refractivity contribution in [3.63, 3.8) is 0 Å². The van der Waals surface area contributed by atoms with Crippen molar-refractivity contribution < 1.29 is 14.4 Å². The summed E-state index contributed by atoms with van der Waals surface area (Å²) in [5.74, 6) is 1.03. The molecule has 0 spiro atoms. The van der Waals surface area contributed by atoms with Gasteiger partial charge in [0, 0.05) is 36.9 Å². The van der Waals surface area contributed by atoms with Gasteiger partial charge in [-0.1, -0.05) is 0 Å². The van der Waals surface area contributed by atoms with Crippen LogP contribution < -0.4 is 10.2 Å². The zero-order chi connectivity index (χ0) is 16.9. The third-order valence-corrected chi connectivity index (χ3v) is 4.09. The fourth-order valence-electron chi connectivity index (χ4n) is 2.81. The minimum absolute atomic E-state index is 0.131. The SMILES string of the molecule is O=C1CCCN1.O=Cc1ccc2nc(N3CCCC3=O)ccc2c1. The zero-order valence-corrected chi connectivity index (χ0v) is 13.3. The van der Waals surface area contributed by atoms with Gasteiger partial charge in [0.15, 0.2) is 0 Å². The number of amides is 2. The van der Waals surface area contributed by atoms with Crippen LogP contribution >= 0.6 is 0 Å². The van der Waals surface area contributed by atoms with E-state index < -0.39 is 0 Å². The maximum absolute atomic E-state index is 11.7. The highest BCUT2D eigenvalue weighted by molar-refractivity contribution is 5.96. The number of nitrogens with one attached hydrogen (secondary N) is 1. The highest BCUT2D eigenvalue weighted by atomic mass is 16.2. The fourth-order valence-corrected chi connectivity index (χ4v) is 2.81. The van der Waals surface area contributed by atoms with Crippen LogP contribution in [0.2, 0.25) is 0 Å². The third kappa shape index (κ3) is 3.59. The standard InChI is InChI=1S/C14H12N2O2.C4H7NO/c17-9-10-3-5-12-11(8-10)4-6-13(15-12)16-7-1-2-14(16)18;6-4-2-1-3-5-4/h3-6,8-9H,1-2,7H2;1-3H2,(H,5,6). The number of nitrogens with zero attached hydrogens (tertiary/aromatic N) is 2. The summed E-state index contributed by atoms with van der Waals surface area (Å²) < 4.78 is 0. The molecule has 0 unspecified atom stereocenters. The van der Waals surface area contributed by atoms with Crippen molar-refractivity contribution in [3.8, 4) is 0 Å². The van der Waals surface area contributed by atoms with Crippen LogP contribution in [0.5, 0.6) is 0 Å². The molecule has 124 valence electrons. The number of anilines is 1. The average molecular weight is 325 g/mol. The second-order valence-electron chi connectivity index (χ2n) is 5.84. The predicted molar refractivity (Wildman–Crippen MR) is 91.0 cm³/mol. The van der Waals surface area contributed by atoms with Crippen LogP contribution in [0.15, 0.2) is 30.3 Å². The van der Waals surface area contributed by atoms with Crippen LogP contribution in [0.25, 0.3) is 10.9 Å². The van der Waals surface area contributed by atoms with Gasteiger partial charge in [-0.2, -0.15) is 0 Å². The second kappa shape index (κ2) is 7.21. The van der Waals surface area contributed by atoms with E-state index in [2.05, 4.69) is 10.3 Å². The lowest BCUT2D eigenvalue weighted by Gasteiger charge is -2.14. The number of benzene rings is 1. The lowest BCUT2D eigenvalue weighted by atomic mass is 10.1. The first kappa shape index (κ1) is 16.1. The van der Waals surface area contributed by atoms with E-state index in [-0.39, 0.29) is 11.8 Å². The molecule has 1 aromatic heterocycles. The van der Waals surface area contributed by atoms with E-state index in [4.69, 9.17) is 0 Å². The molecule has 6 nitrogen and oxygen atoms in total. The first-order chi connectivity index (χ1) is 11.7. The van der Waals surface area contributed by atoms with E-state index >= 15 is 0 Å². The number of aromatic nitrogens is 1. The van der Waals surface area contributed by atoms with E-state index in [0.29, 0.717) is 17.8 Å². The summed E-state index contributed by atoms with van der Waals surface area (Å²) in [5.41, 5.74) is 1.44. The molecule has 0 saturated carbocycles. The Morgan fingerprint density at radius 1 is 1.08 bits per heavy atom. The number of carbonyl (C=O) groups is 3. The molecule has 0 bridgehead atoms. The van der Waals surface area contributed by atoms with Gasteiger partial charge in [-0.25, -0.2) is 4.98 Å². The molecular formula is C18H19N3O3. The minimum Gasteiger partial charge on any atom is -0.356 e. The molecule has 0 radical (unpaired) electrons. The predicted octanol–water partition coefficient (Wildman–Crippen LogP) is 2.07. The normalized spacial score (nSPS) is 16.8. The molecule has 2 amide bonds. The first-order valence-electron chi connectivity index (χ1n) is 8.10. The molecule has 1 aromatic carbocycles. The molecule has 2 saturated heterocycles. The number of rotatable bonds is 2. The third-order valence-electron chi connectivity index (χ3n) is 4.09. The Morgan fingerprint density at radius 3 is 2.54 bits per heavy atom. The van der Waals surface area contributed by atoms with E-state index in [1.165, 1.54) is 0 Å². The Kier molecular flexibility index (Phi) is 4.84. The van der Waals surface area contributed by atoms with Crippen molar-refractivity contribution >= 4 is 34.8 Å². The molecule has 2 fully saturated rings. The lowest BCUT2D eigenvalue weighted by molar-refractivity contribution is -0.119. The van der Waals surface area contributed by atoms with E-state index in [9.17, 15) is 14.4 Å².